The quantitative estimate of drug-likeness (QED) is 0.914. The highest BCUT2D eigenvalue weighted by Gasteiger charge is 2.20. The molecule has 0 spiro atoms. The van der Waals surface area contributed by atoms with Crippen LogP contribution in [0.4, 0.5) is 8.78 Å². The van der Waals surface area contributed by atoms with Gasteiger partial charge in [0.25, 0.3) is 0 Å². The highest BCUT2D eigenvalue weighted by atomic mass is 32.1. The van der Waals surface area contributed by atoms with Crippen LogP contribution in [0.1, 0.15) is 17.2 Å². The fourth-order valence-corrected chi connectivity index (χ4v) is 2.29. The van der Waals surface area contributed by atoms with Gasteiger partial charge < -0.3 is 10.5 Å². The molecule has 2 aromatic rings. The van der Waals surface area contributed by atoms with E-state index in [4.69, 9.17) is 10.5 Å². The Morgan fingerprint density at radius 3 is 2.41 bits per heavy atom. The van der Waals surface area contributed by atoms with Crippen LogP contribution in [0.2, 0.25) is 0 Å². The summed E-state index contributed by atoms with van der Waals surface area (Å²) in [6.45, 7) is 0. The molecule has 0 saturated carbocycles. The first kappa shape index (κ1) is 12.0. The molecule has 0 aliphatic rings. The standard InChI is InChI=1S/C12H11F2NOS/c1-16-8-4-9(13)11(10(14)5-8)12(15)7-2-3-17-6-7/h2-6,12H,15H2,1H3. The fourth-order valence-electron chi connectivity index (χ4n) is 1.59. The Bertz CT molecular complexity index is 490. The normalized spacial score (nSPS) is 12.5. The lowest BCUT2D eigenvalue weighted by Crippen LogP contribution is -2.15. The summed E-state index contributed by atoms with van der Waals surface area (Å²) in [5.41, 5.74) is 6.40. The minimum atomic E-state index is -0.799. The summed E-state index contributed by atoms with van der Waals surface area (Å²) in [6.07, 6.45) is 0. The zero-order chi connectivity index (χ0) is 12.4. The first-order valence-electron chi connectivity index (χ1n) is 4.94. The topological polar surface area (TPSA) is 35.2 Å². The van der Waals surface area contributed by atoms with Crippen molar-refractivity contribution >= 4 is 11.3 Å². The second kappa shape index (κ2) is 4.81. The summed E-state index contributed by atoms with van der Waals surface area (Å²) in [5.74, 6) is -1.25. The SMILES string of the molecule is COc1cc(F)c(C(N)c2ccsc2)c(F)c1. The zero-order valence-corrected chi connectivity index (χ0v) is 9.93. The van der Waals surface area contributed by atoms with E-state index in [1.165, 1.54) is 18.4 Å². The van der Waals surface area contributed by atoms with Crippen LogP contribution in [0.3, 0.4) is 0 Å². The van der Waals surface area contributed by atoms with Crippen LogP contribution in [-0.4, -0.2) is 7.11 Å². The number of nitrogens with two attached hydrogens (primary N) is 1. The molecule has 17 heavy (non-hydrogen) atoms. The minimum Gasteiger partial charge on any atom is -0.497 e. The molecule has 1 atom stereocenters. The summed E-state index contributed by atoms with van der Waals surface area (Å²) >= 11 is 1.43. The van der Waals surface area contributed by atoms with Crippen molar-refractivity contribution < 1.29 is 13.5 Å². The van der Waals surface area contributed by atoms with E-state index in [1.54, 1.807) is 11.4 Å². The first-order valence-corrected chi connectivity index (χ1v) is 5.88. The second-order valence-electron chi connectivity index (χ2n) is 3.54. The Balaban J connectivity index is 2.45. The Kier molecular flexibility index (Phi) is 3.40. The number of ether oxygens (including phenoxy) is 1. The number of thiophene rings is 1. The van der Waals surface area contributed by atoms with E-state index in [0.717, 1.165) is 12.1 Å². The van der Waals surface area contributed by atoms with E-state index in [-0.39, 0.29) is 11.3 Å². The van der Waals surface area contributed by atoms with Crippen LogP contribution in [0.5, 0.6) is 5.75 Å². The van der Waals surface area contributed by atoms with E-state index in [2.05, 4.69) is 0 Å². The van der Waals surface area contributed by atoms with E-state index < -0.39 is 17.7 Å². The second-order valence-corrected chi connectivity index (χ2v) is 4.32. The number of hydrogen-bond acceptors (Lipinski definition) is 3. The van der Waals surface area contributed by atoms with Gasteiger partial charge in [-0.25, -0.2) is 8.78 Å². The maximum Gasteiger partial charge on any atom is 0.134 e. The third-order valence-electron chi connectivity index (χ3n) is 2.50. The molecular weight excluding hydrogens is 244 g/mol. The largest absolute Gasteiger partial charge is 0.497 e. The smallest absolute Gasteiger partial charge is 0.134 e. The van der Waals surface area contributed by atoms with E-state index in [9.17, 15) is 8.78 Å². The minimum absolute atomic E-state index is 0.135. The Labute approximate surface area is 102 Å². The van der Waals surface area contributed by atoms with Gasteiger partial charge in [-0.3, -0.25) is 0 Å². The number of benzene rings is 1. The molecule has 0 aliphatic heterocycles. The summed E-state index contributed by atoms with van der Waals surface area (Å²) in [7, 11) is 1.35. The molecular formula is C12H11F2NOS. The predicted molar refractivity (Wildman–Crippen MR) is 63.3 cm³/mol. The van der Waals surface area contributed by atoms with E-state index in [1.807, 2.05) is 5.38 Å². The lowest BCUT2D eigenvalue weighted by atomic mass is 10.0. The van der Waals surface area contributed by atoms with Crippen LogP contribution >= 0.6 is 11.3 Å². The lowest BCUT2D eigenvalue weighted by Gasteiger charge is -2.13. The molecule has 2 rings (SSSR count). The van der Waals surface area contributed by atoms with Gasteiger partial charge >= 0.3 is 0 Å². The molecule has 5 heteroatoms. The zero-order valence-electron chi connectivity index (χ0n) is 9.11. The molecule has 0 bridgehead atoms. The van der Waals surface area contributed by atoms with Crippen LogP contribution in [0, 0.1) is 11.6 Å². The molecule has 1 aromatic heterocycles. The number of hydrogen-bond donors (Lipinski definition) is 1. The van der Waals surface area contributed by atoms with Crippen molar-refractivity contribution in [2.45, 2.75) is 6.04 Å². The summed E-state index contributed by atoms with van der Waals surface area (Å²) in [6, 6.07) is 3.21. The van der Waals surface area contributed by atoms with Gasteiger partial charge in [0.2, 0.25) is 0 Å². The molecule has 0 radical (unpaired) electrons. The Morgan fingerprint density at radius 2 is 1.94 bits per heavy atom. The van der Waals surface area contributed by atoms with Gasteiger partial charge in [-0.2, -0.15) is 11.3 Å². The van der Waals surface area contributed by atoms with Crippen LogP contribution in [0.15, 0.2) is 29.0 Å². The first-order chi connectivity index (χ1) is 8.13. The molecule has 0 amide bonds. The van der Waals surface area contributed by atoms with Crippen molar-refractivity contribution in [1.82, 2.24) is 0 Å². The van der Waals surface area contributed by atoms with Gasteiger partial charge in [0.1, 0.15) is 17.4 Å². The monoisotopic (exact) mass is 255 g/mol. The highest BCUT2D eigenvalue weighted by molar-refractivity contribution is 7.08. The van der Waals surface area contributed by atoms with E-state index in [0.29, 0.717) is 5.56 Å². The molecule has 0 saturated heterocycles. The molecule has 1 heterocycles. The summed E-state index contributed by atoms with van der Waals surface area (Å²) in [4.78, 5) is 0. The number of halogens is 2. The molecule has 0 fully saturated rings. The van der Waals surface area contributed by atoms with E-state index >= 15 is 0 Å². The summed E-state index contributed by atoms with van der Waals surface area (Å²) < 4.78 is 32.3. The van der Waals surface area contributed by atoms with Crippen molar-refractivity contribution in [2.75, 3.05) is 7.11 Å². The maximum atomic E-state index is 13.7. The van der Waals surface area contributed by atoms with Crippen molar-refractivity contribution in [2.24, 2.45) is 5.73 Å². The van der Waals surface area contributed by atoms with Crippen molar-refractivity contribution in [1.29, 1.82) is 0 Å². The van der Waals surface area contributed by atoms with Crippen LogP contribution in [-0.2, 0) is 0 Å². The fraction of sp³-hybridized carbons (Fsp3) is 0.167. The third-order valence-corrected chi connectivity index (χ3v) is 3.20. The number of methoxy groups -OCH3 is 1. The van der Waals surface area contributed by atoms with Crippen molar-refractivity contribution in [3.63, 3.8) is 0 Å². The molecule has 2 N–H and O–H groups in total. The van der Waals surface area contributed by atoms with Gasteiger partial charge in [0, 0.05) is 17.7 Å². The average molecular weight is 255 g/mol. The molecule has 1 aromatic carbocycles. The predicted octanol–water partition coefficient (Wildman–Crippen LogP) is 3.08. The Hall–Kier alpha value is -1.46. The Morgan fingerprint density at radius 1 is 1.29 bits per heavy atom. The third kappa shape index (κ3) is 2.30. The molecule has 90 valence electrons. The highest BCUT2D eigenvalue weighted by Crippen LogP contribution is 2.29. The van der Waals surface area contributed by atoms with Crippen LogP contribution in [0.25, 0.3) is 0 Å². The van der Waals surface area contributed by atoms with Gasteiger partial charge in [0.15, 0.2) is 0 Å². The van der Waals surface area contributed by atoms with Gasteiger partial charge in [-0.15, -0.1) is 0 Å². The molecule has 1 unspecified atom stereocenters. The van der Waals surface area contributed by atoms with Crippen molar-refractivity contribution in [3.8, 4) is 5.75 Å². The van der Waals surface area contributed by atoms with Gasteiger partial charge in [-0.05, 0) is 22.4 Å². The maximum absolute atomic E-state index is 13.7. The average Bonchev–Trinajstić information content (AvgIpc) is 2.81. The summed E-state index contributed by atoms with van der Waals surface area (Å²) in [5, 5.41) is 3.59. The molecule has 2 nitrogen and oxygen atoms in total. The van der Waals surface area contributed by atoms with Crippen molar-refractivity contribution in [3.05, 3.63) is 51.7 Å². The lowest BCUT2D eigenvalue weighted by molar-refractivity contribution is 0.404. The van der Waals surface area contributed by atoms with Gasteiger partial charge in [-0.1, -0.05) is 0 Å². The number of rotatable bonds is 3. The molecule has 0 aliphatic carbocycles. The van der Waals surface area contributed by atoms with Gasteiger partial charge in [0.05, 0.1) is 13.2 Å². The van der Waals surface area contributed by atoms with Crippen LogP contribution < -0.4 is 10.5 Å².